The van der Waals surface area contributed by atoms with Gasteiger partial charge in [-0.2, -0.15) is 0 Å². The molecule has 21 heavy (non-hydrogen) atoms. The molecule has 1 rings (SSSR count). The molecule has 0 aliphatic heterocycles. The van der Waals surface area contributed by atoms with Gasteiger partial charge in [-0.05, 0) is 24.6 Å². The first-order valence-corrected chi connectivity index (χ1v) is 7.93. The summed E-state index contributed by atoms with van der Waals surface area (Å²) < 4.78 is 0.0837. The van der Waals surface area contributed by atoms with Crippen LogP contribution in [0.3, 0.4) is 0 Å². The summed E-state index contributed by atoms with van der Waals surface area (Å²) in [6.45, 7) is 8.09. The van der Waals surface area contributed by atoms with E-state index in [4.69, 9.17) is 5.11 Å². The number of hydrogen-bond donors (Lipinski definition) is 2. The molecule has 0 radical (unpaired) electrons. The third-order valence-electron chi connectivity index (χ3n) is 2.71. The third kappa shape index (κ3) is 7.22. The van der Waals surface area contributed by atoms with Crippen molar-refractivity contribution < 1.29 is 9.90 Å². The van der Waals surface area contributed by atoms with Crippen molar-refractivity contribution >= 4 is 17.7 Å². The number of nitrogens with one attached hydrogen (secondary N) is 1. The van der Waals surface area contributed by atoms with Crippen LogP contribution in [0.15, 0.2) is 24.3 Å². The number of rotatable bonds is 4. The summed E-state index contributed by atoms with van der Waals surface area (Å²) >= 11 is 1.63. The highest BCUT2D eigenvalue weighted by molar-refractivity contribution is 8.01. The maximum absolute atomic E-state index is 11.9. The summed E-state index contributed by atoms with van der Waals surface area (Å²) in [4.78, 5) is 11.9. The number of amides is 1. The molecular formula is C17H23NO2S. The van der Waals surface area contributed by atoms with Crippen molar-refractivity contribution in [1.82, 2.24) is 5.32 Å². The van der Waals surface area contributed by atoms with Gasteiger partial charge in [-0.3, -0.25) is 4.79 Å². The molecule has 2 N–H and O–H groups in total. The van der Waals surface area contributed by atoms with E-state index in [9.17, 15) is 4.79 Å². The fourth-order valence-corrected chi connectivity index (χ4v) is 2.32. The second-order valence-electron chi connectivity index (χ2n) is 5.78. The molecule has 0 saturated heterocycles. The van der Waals surface area contributed by atoms with Crippen molar-refractivity contribution in [2.75, 3.05) is 12.4 Å². The zero-order valence-corrected chi connectivity index (χ0v) is 13.9. The van der Waals surface area contributed by atoms with Gasteiger partial charge in [-0.15, -0.1) is 11.8 Å². The van der Waals surface area contributed by atoms with Gasteiger partial charge in [0.2, 0.25) is 5.91 Å². The molecule has 3 nitrogen and oxygen atoms in total. The van der Waals surface area contributed by atoms with Gasteiger partial charge in [0.15, 0.2) is 0 Å². The Kier molecular flexibility index (Phi) is 6.80. The second kappa shape index (κ2) is 8.11. The molecule has 0 spiro atoms. The molecule has 0 fully saturated rings. The topological polar surface area (TPSA) is 49.3 Å². The van der Waals surface area contributed by atoms with Crippen LogP contribution in [0.2, 0.25) is 0 Å². The molecule has 1 unspecified atom stereocenters. The van der Waals surface area contributed by atoms with Crippen molar-refractivity contribution in [2.45, 2.75) is 38.5 Å². The van der Waals surface area contributed by atoms with Crippen molar-refractivity contribution in [2.24, 2.45) is 0 Å². The largest absolute Gasteiger partial charge is 0.384 e. The van der Waals surface area contributed by atoms with Gasteiger partial charge in [-0.1, -0.05) is 44.7 Å². The van der Waals surface area contributed by atoms with Crippen LogP contribution in [-0.2, 0) is 4.79 Å². The normalized spacial score (nSPS) is 12.2. The average molecular weight is 305 g/mol. The van der Waals surface area contributed by atoms with E-state index in [0.29, 0.717) is 5.75 Å². The minimum atomic E-state index is -0.152. The number of aliphatic hydroxyl groups is 1. The first-order valence-electron chi connectivity index (χ1n) is 6.95. The third-order valence-corrected chi connectivity index (χ3v) is 3.98. The highest BCUT2D eigenvalue weighted by Gasteiger charge is 2.15. The molecule has 1 aromatic carbocycles. The number of carbonyl (C=O) groups is 1. The summed E-state index contributed by atoms with van der Waals surface area (Å²) in [7, 11) is 0. The van der Waals surface area contributed by atoms with E-state index in [1.807, 2.05) is 31.2 Å². The van der Waals surface area contributed by atoms with Crippen molar-refractivity contribution in [3.05, 3.63) is 35.4 Å². The standard InChI is InChI=1S/C17H23NO2S/c1-13(18-16(20)12-21-17(2,3)4)15-9-5-7-14(11-15)8-6-10-19/h5,7,9,11,13,19H,10,12H2,1-4H3,(H,18,20). The van der Waals surface area contributed by atoms with Crippen LogP contribution in [0.25, 0.3) is 0 Å². The van der Waals surface area contributed by atoms with E-state index in [-0.39, 0.29) is 23.3 Å². The SMILES string of the molecule is CC(NC(=O)CSC(C)(C)C)c1cccc(C#CCO)c1. The molecular weight excluding hydrogens is 282 g/mol. The van der Waals surface area contributed by atoms with E-state index in [1.54, 1.807) is 11.8 Å². The smallest absolute Gasteiger partial charge is 0.230 e. The monoisotopic (exact) mass is 305 g/mol. The summed E-state index contributed by atoms with van der Waals surface area (Å²) in [5, 5.41) is 11.7. The summed E-state index contributed by atoms with van der Waals surface area (Å²) in [5.74, 6) is 5.99. The summed E-state index contributed by atoms with van der Waals surface area (Å²) in [6, 6.07) is 7.63. The Morgan fingerprint density at radius 2 is 2.14 bits per heavy atom. The Morgan fingerprint density at radius 3 is 2.76 bits per heavy atom. The van der Waals surface area contributed by atoms with Gasteiger partial charge in [0.25, 0.3) is 0 Å². The Labute approximate surface area is 131 Å². The minimum Gasteiger partial charge on any atom is -0.384 e. The van der Waals surface area contributed by atoms with Crippen LogP contribution >= 0.6 is 11.8 Å². The minimum absolute atomic E-state index is 0.0364. The number of aliphatic hydroxyl groups excluding tert-OH is 1. The molecule has 0 bridgehead atoms. The summed E-state index contributed by atoms with van der Waals surface area (Å²) in [5.41, 5.74) is 1.85. The van der Waals surface area contributed by atoms with Crippen LogP contribution in [0.5, 0.6) is 0 Å². The average Bonchev–Trinajstić information content (AvgIpc) is 2.42. The lowest BCUT2D eigenvalue weighted by atomic mass is 10.1. The van der Waals surface area contributed by atoms with E-state index < -0.39 is 0 Å². The maximum atomic E-state index is 11.9. The fraction of sp³-hybridized carbons (Fsp3) is 0.471. The molecule has 0 aliphatic carbocycles. The predicted molar refractivity (Wildman–Crippen MR) is 89.2 cm³/mol. The van der Waals surface area contributed by atoms with E-state index in [2.05, 4.69) is 37.9 Å². The molecule has 1 aromatic rings. The highest BCUT2D eigenvalue weighted by atomic mass is 32.2. The van der Waals surface area contributed by atoms with E-state index >= 15 is 0 Å². The van der Waals surface area contributed by atoms with E-state index in [0.717, 1.165) is 11.1 Å². The van der Waals surface area contributed by atoms with E-state index in [1.165, 1.54) is 0 Å². The quantitative estimate of drug-likeness (QED) is 0.841. The fourth-order valence-electron chi connectivity index (χ4n) is 1.68. The highest BCUT2D eigenvalue weighted by Crippen LogP contribution is 2.23. The molecule has 1 amide bonds. The van der Waals surface area contributed by atoms with Gasteiger partial charge in [-0.25, -0.2) is 0 Å². The number of carbonyl (C=O) groups excluding carboxylic acids is 1. The van der Waals surface area contributed by atoms with Crippen LogP contribution in [0.1, 0.15) is 44.9 Å². The van der Waals surface area contributed by atoms with Crippen molar-refractivity contribution in [3.8, 4) is 11.8 Å². The Balaban J connectivity index is 2.63. The lowest BCUT2D eigenvalue weighted by Gasteiger charge is -2.19. The lowest BCUT2D eigenvalue weighted by Crippen LogP contribution is -2.29. The number of benzene rings is 1. The molecule has 0 heterocycles. The molecule has 0 aromatic heterocycles. The first-order chi connectivity index (χ1) is 9.81. The van der Waals surface area contributed by atoms with Crippen LogP contribution in [0.4, 0.5) is 0 Å². The zero-order chi connectivity index (χ0) is 15.9. The molecule has 0 aliphatic rings. The summed E-state index contributed by atoms with van der Waals surface area (Å²) in [6.07, 6.45) is 0. The van der Waals surface area contributed by atoms with Gasteiger partial charge in [0, 0.05) is 10.3 Å². The molecule has 1 atom stereocenters. The van der Waals surface area contributed by atoms with Crippen LogP contribution in [-0.4, -0.2) is 28.1 Å². The molecule has 114 valence electrons. The van der Waals surface area contributed by atoms with Gasteiger partial charge < -0.3 is 10.4 Å². The molecule has 0 saturated carbocycles. The predicted octanol–water partition coefficient (Wildman–Crippen LogP) is 2.74. The Morgan fingerprint density at radius 1 is 1.43 bits per heavy atom. The maximum Gasteiger partial charge on any atom is 0.230 e. The van der Waals surface area contributed by atoms with Crippen LogP contribution < -0.4 is 5.32 Å². The lowest BCUT2D eigenvalue weighted by molar-refractivity contribution is -0.119. The Hall–Kier alpha value is -1.44. The number of hydrogen-bond acceptors (Lipinski definition) is 3. The van der Waals surface area contributed by atoms with Crippen LogP contribution in [0, 0.1) is 11.8 Å². The van der Waals surface area contributed by atoms with Crippen molar-refractivity contribution in [1.29, 1.82) is 0 Å². The zero-order valence-electron chi connectivity index (χ0n) is 13.1. The second-order valence-corrected chi connectivity index (χ2v) is 7.58. The van der Waals surface area contributed by atoms with Gasteiger partial charge >= 0.3 is 0 Å². The van der Waals surface area contributed by atoms with Crippen molar-refractivity contribution in [3.63, 3.8) is 0 Å². The first kappa shape index (κ1) is 17.6. The number of thioether (sulfide) groups is 1. The Bertz CT molecular complexity index is 538. The van der Waals surface area contributed by atoms with Gasteiger partial charge in [0.1, 0.15) is 6.61 Å². The molecule has 4 heteroatoms. The van der Waals surface area contributed by atoms with Gasteiger partial charge in [0.05, 0.1) is 11.8 Å².